The van der Waals surface area contributed by atoms with Crippen molar-refractivity contribution in [2.75, 3.05) is 13.2 Å². The molecule has 0 saturated heterocycles. The monoisotopic (exact) mass is 426 g/mol. The smallest absolute Gasteiger partial charge is 0.257 e. The number of amides is 2. The fourth-order valence-electron chi connectivity index (χ4n) is 2.38. The van der Waals surface area contributed by atoms with Gasteiger partial charge in [0, 0.05) is 19.2 Å². The third-order valence-corrected chi connectivity index (χ3v) is 4.17. The van der Waals surface area contributed by atoms with Crippen LogP contribution in [0.25, 0.3) is 0 Å². The van der Waals surface area contributed by atoms with Gasteiger partial charge in [-0.15, -0.1) is 0 Å². The fourth-order valence-corrected chi connectivity index (χ4v) is 2.50. The zero-order valence-electron chi connectivity index (χ0n) is 15.5. The van der Waals surface area contributed by atoms with Gasteiger partial charge in [-0.1, -0.05) is 23.7 Å². The third-order valence-electron chi connectivity index (χ3n) is 3.86. The standard InChI is InChI=1S/C20H21ClF2N2O4/c21-17-5-4-16(10-18(17)23)29-12-20(28)24-7-6-15(26)9-19(27)25-11-13-2-1-3-14(22)8-13/h1-5,8,10,15,26H,6-7,9,11-12H2,(H,24,28)(H,25,27). The molecule has 0 fully saturated rings. The quantitative estimate of drug-likeness (QED) is 0.545. The van der Waals surface area contributed by atoms with Crippen LogP contribution >= 0.6 is 11.6 Å². The van der Waals surface area contributed by atoms with Crippen LogP contribution in [0.15, 0.2) is 42.5 Å². The number of halogens is 3. The second-order valence-corrected chi connectivity index (χ2v) is 6.68. The highest BCUT2D eigenvalue weighted by molar-refractivity contribution is 6.30. The predicted molar refractivity (Wildman–Crippen MR) is 103 cm³/mol. The Bertz CT molecular complexity index is 851. The number of hydrogen-bond donors (Lipinski definition) is 3. The van der Waals surface area contributed by atoms with Crippen molar-refractivity contribution in [1.82, 2.24) is 10.6 Å². The van der Waals surface area contributed by atoms with Crippen LogP contribution in [0.4, 0.5) is 8.78 Å². The van der Waals surface area contributed by atoms with E-state index in [0.29, 0.717) is 5.56 Å². The summed E-state index contributed by atoms with van der Waals surface area (Å²) in [4.78, 5) is 23.5. The lowest BCUT2D eigenvalue weighted by Crippen LogP contribution is -2.33. The average molecular weight is 427 g/mol. The number of hydrogen-bond acceptors (Lipinski definition) is 4. The molecule has 0 aliphatic rings. The van der Waals surface area contributed by atoms with Gasteiger partial charge >= 0.3 is 0 Å². The molecule has 0 aliphatic carbocycles. The second kappa shape index (κ2) is 11.3. The maximum atomic E-state index is 13.3. The Hall–Kier alpha value is -2.71. The normalized spacial score (nSPS) is 11.6. The lowest BCUT2D eigenvalue weighted by molar-refractivity contribution is -0.123. The zero-order valence-corrected chi connectivity index (χ0v) is 16.2. The van der Waals surface area contributed by atoms with Gasteiger partial charge in [0.1, 0.15) is 17.4 Å². The summed E-state index contributed by atoms with van der Waals surface area (Å²) in [6.07, 6.45) is -0.936. The van der Waals surface area contributed by atoms with Gasteiger partial charge in [0.2, 0.25) is 5.91 Å². The molecule has 0 radical (unpaired) electrons. The minimum Gasteiger partial charge on any atom is -0.484 e. The van der Waals surface area contributed by atoms with E-state index in [-0.39, 0.29) is 49.2 Å². The Morgan fingerprint density at radius 3 is 2.62 bits per heavy atom. The van der Waals surface area contributed by atoms with Crippen molar-refractivity contribution in [1.29, 1.82) is 0 Å². The van der Waals surface area contributed by atoms with Gasteiger partial charge in [-0.2, -0.15) is 0 Å². The van der Waals surface area contributed by atoms with Crippen LogP contribution in [0.5, 0.6) is 5.75 Å². The molecule has 156 valence electrons. The van der Waals surface area contributed by atoms with E-state index in [4.69, 9.17) is 16.3 Å². The van der Waals surface area contributed by atoms with E-state index in [1.54, 1.807) is 12.1 Å². The first-order valence-electron chi connectivity index (χ1n) is 8.87. The topological polar surface area (TPSA) is 87.7 Å². The van der Waals surface area contributed by atoms with Gasteiger partial charge in [-0.25, -0.2) is 8.78 Å². The summed E-state index contributed by atoms with van der Waals surface area (Å²) < 4.78 is 31.5. The van der Waals surface area contributed by atoms with Crippen molar-refractivity contribution in [3.8, 4) is 5.75 Å². The first-order chi connectivity index (χ1) is 13.8. The molecule has 2 amide bonds. The predicted octanol–water partition coefficient (Wildman–Crippen LogP) is 2.57. The van der Waals surface area contributed by atoms with Gasteiger partial charge in [-0.3, -0.25) is 9.59 Å². The number of ether oxygens (including phenoxy) is 1. The summed E-state index contributed by atoms with van der Waals surface area (Å²) in [6.45, 7) is -0.0382. The molecular weight excluding hydrogens is 406 g/mol. The van der Waals surface area contributed by atoms with Gasteiger partial charge in [0.25, 0.3) is 5.91 Å². The summed E-state index contributed by atoms with van der Waals surface area (Å²) >= 11 is 5.56. The number of nitrogens with one attached hydrogen (secondary N) is 2. The molecule has 9 heteroatoms. The Kier molecular flexibility index (Phi) is 8.82. The first kappa shape index (κ1) is 22.6. The van der Waals surface area contributed by atoms with Crippen LogP contribution in [-0.4, -0.2) is 36.2 Å². The van der Waals surface area contributed by atoms with Gasteiger partial charge in [0.15, 0.2) is 6.61 Å². The Morgan fingerprint density at radius 1 is 1.10 bits per heavy atom. The average Bonchev–Trinajstić information content (AvgIpc) is 2.67. The molecule has 0 spiro atoms. The van der Waals surface area contributed by atoms with E-state index in [0.717, 1.165) is 6.07 Å². The fraction of sp³-hybridized carbons (Fsp3) is 0.300. The number of aliphatic hydroxyl groups excluding tert-OH is 1. The van der Waals surface area contributed by atoms with Crippen molar-refractivity contribution >= 4 is 23.4 Å². The highest BCUT2D eigenvalue weighted by Crippen LogP contribution is 2.20. The van der Waals surface area contributed by atoms with Crippen molar-refractivity contribution < 1.29 is 28.2 Å². The minimum absolute atomic E-state index is 0.0456. The van der Waals surface area contributed by atoms with E-state index >= 15 is 0 Å². The number of benzene rings is 2. The molecule has 6 nitrogen and oxygen atoms in total. The van der Waals surface area contributed by atoms with E-state index in [9.17, 15) is 23.5 Å². The summed E-state index contributed by atoms with van der Waals surface area (Å²) in [7, 11) is 0. The number of aliphatic hydroxyl groups is 1. The molecule has 2 rings (SSSR count). The molecule has 2 aromatic carbocycles. The second-order valence-electron chi connectivity index (χ2n) is 6.27. The van der Waals surface area contributed by atoms with E-state index in [1.807, 2.05) is 0 Å². The highest BCUT2D eigenvalue weighted by atomic mass is 35.5. The Balaban J connectivity index is 1.60. The summed E-state index contributed by atoms with van der Waals surface area (Å²) in [5, 5.41) is 15.0. The maximum absolute atomic E-state index is 13.3. The highest BCUT2D eigenvalue weighted by Gasteiger charge is 2.12. The van der Waals surface area contributed by atoms with Crippen LogP contribution < -0.4 is 15.4 Å². The largest absolute Gasteiger partial charge is 0.484 e. The maximum Gasteiger partial charge on any atom is 0.257 e. The van der Waals surface area contributed by atoms with Crippen molar-refractivity contribution in [3.05, 3.63) is 64.7 Å². The first-order valence-corrected chi connectivity index (χ1v) is 9.25. The van der Waals surface area contributed by atoms with Gasteiger partial charge in [0.05, 0.1) is 17.5 Å². The summed E-state index contributed by atoms with van der Waals surface area (Å²) in [5.74, 6) is -1.72. The molecule has 2 aromatic rings. The van der Waals surface area contributed by atoms with Crippen LogP contribution in [0.1, 0.15) is 18.4 Å². The van der Waals surface area contributed by atoms with Crippen LogP contribution in [-0.2, 0) is 16.1 Å². The molecule has 1 unspecified atom stereocenters. The molecule has 29 heavy (non-hydrogen) atoms. The number of carbonyl (C=O) groups excluding carboxylic acids is 2. The molecule has 0 saturated carbocycles. The van der Waals surface area contributed by atoms with Crippen LogP contribution in [0, 0.1) is 11.6 Å². The third kappa shape index (κ3) is 8.45. The zero-order chi connectivity index (χ0) is 21.2. The SMILES string of the molecule is O=C(COc1ccc(Cl)c(F)c1)NCCC(O)CC(=O)NCc1cccc(F)c1. The van der Waals surface area contributed by atoms with E-state index in [2.05, 4.69) is 10.6 Å². The minimum atomic E-state index is -0.950. The molecule has 0 bridgehead atoms. The molecule has 0 aliphatic heterocycles. The summed E-state index contributed by atoms with van der Waals surface area (Å²) in [6, 6.07) is 9.67. The van der Waals surface area contributed by atoms with Crippen LogP contribution in [0.2, 0.25) is 5.02 Å². The Morgan fingerprint density at radius 2 is 1.90 bits per heavy atom. The molecule has 1 atom stereocenters. The molecule has 0 aromatic heterocycles. The van der Waals surface area contributed by atoms with Gasteiger partial charge < -0.3 is 20.5 Å². The Labute approximate surface area is 171 Å². The van der Waals surface area contributed by atoms with Crippen molar-refractivity contribution in [2.24, 2.45) is 0 Å². The van der Waals surface area contributed by atoms with Crippen LogP contribution in [0.3, 0.4) is 0 Å². The lowest BCUT2D eigenvalue weighted by atomic mass is 10.1. The lowest BCUT2D eigenvalue weighted by Gasteiger charge is -2.12. The van der Waals surface area contributed by atoms with E-state index < -0.39 is 23.6 Å². The number of carbonyl (C=O) groups is 2. The van der Waals surface area contributed by atoms with E-state index in [1.165, 1.54) is 24.3 Å². The summed E-state index contributed by atoms with van der Waals surface area (Å²) in [5.41, 5.74) is 0.612. The van der Waals surface area contributed by atoms with Crippen molar-refractivity contribution in [3.63, 3.8) is 0 Å². The molecule has 0 heterocycles. The van der Waals surface area contributed by atoms with Crippen molar-refractivity contribution in [2.45, 2.75) is 25.5 Å². The molecular formula is C20H21ClF2N2O4. The van der Waals surface area contributed by atoms with Gasteiger partial charge in [-0.05, 0) is 36.2 Å². The number of rotatable bonds is 10. The molecule has 3 N–H and O–H groups in total.